The Kier molecular flexibility index (Phi) is 3.83. The van der Waals surface area contributed by atoms with Gasteiger partial charge >= 0.3 is 11.9 Å². The van der Waals surface area contributed by atoms with E-state index in [4.69, 9.17) is 0 Å². The fourth-order valence-corrected chi connectivity index (χ4v) is 2.64. The summed E-state index contributed by atoms with van der Waals surface area (Å²) in [5, 5.41) is 2.52. The molecular formula is C16H18N2O4. The first-order chi connectivity index (χ1) is 10.6. The average Bonchev–Trinajstić information content (AvgIpc) is 3.27. The van der Waals surface area contributed by atoms with Crippen LogP contribution in [0.5, 0.6) is 0 Å². The minimum atomic E-state index is -0.895. The maximum atomic E-state index is 12.2. The quantitative estimate of drug-likeness (QED) is 0.678. The predicted octanol–water partition coefficient (Wildman–Crippen LogP) is 1.49. The summed E-state index contributed by atoms with van der Waals surface area (Å²) >= 11 is 0. The molecule has 2 amide bonds. The number of carbonyl (C=O) groups excluding carboxylic acids is 3. The topological polar surface area (TPSA) is 75.7 Å². The van der Waals surface area contributed by atoms with Gasteiger partial charge in [-0.15, -0.1) is 0 Å². The Morgan fingerprint density at radius 3 is 2.77 bits per heavy atom. The fourth-order valence-electron chi connectivity index (χ4n) is 2.64. The van der Waals surface area contributed by atoms with E-state index >= 15 is 0 Å². The zero-order chi connectivity index (χ0) is 15.7. The second kappa shape index (κ2) is 5.79. The number of nitrogens with zero attached hydrogens (tertiary/aromatic N) is 1. The van der Waals surface area contributed by atoms with Crippen molar-refractivity contribution in [2.45, 2.75) is 26.2 Å². The van der Waals surface area contributed by atoms with Crippen LogP contribution in [-0.2, 0) is 25.5 Å². The number of amides is 2. The van der Waals surface area contributed by atoms with Gasteiger partial charge in [-0.3, -0.25) is 9.59 Å². The molecule has 0 spiro atoms. The van der Waals surface area contributed by atoms with Crippen LogP contribution in [-0.4, -0.2) is 30.9 Å². The molecule has 6 nitrogen and oxygen atoms in total. The van der Waals surface area contributed by atoms with E-state index in [1.165, 1.54) is 0 Å². The van der Waals surface area contributed by atoms with Crippen LogP contribution in [0.3, 0.4) is 0 Å². The van der Waals surface area contributed by atoms with Crippen LogP contribution >= 0.6 is 0 Å². The molecule has 116 valence electrons. The third-order valence-corrected chi connectivity index (χ3v) is 3.89. The van der Waals surface area contributed by atoms with Gasteiger partial charge in [-0.25, -0.2) is 4.79 Å². The average molecular weight is 302 g/mol. The molecule has 6 heteroatoms. The van der Waals surface area contributed by atoms with Gasteiger partial charge < -0.3 is 15.0 Å². The van der Waals surface area contributed by atoms with Gasteiger partial charge in [0.1, 0.15) is 0 Å². The molecule has 3 rings (SSSR count). The summed E-state index contributed by atoms with van der Waals surface area (Å²) in [4.78, 5) is 37.0. The Morgan fingerprint density at radius 2 is 2.09 bits per heavy atom. The molecular weight excluding hydrogens is 284 g/mol. The van der Waals surface area contributed by atoms with Crippen molar-refractivity contribution in [3.05, 3.63) is 23.8 Å². The van der Waals surface area contributed by atoms with Crippen molar-refractivity contribution in [1.29, 1.82) is 0 Å². The second-order valence-electron chi connectivity index (χ2n) is 5.53. The number of rotatable bonds is 3. The van der Waals surface area contributed by atoms with E-state index in [1.807, 2.05) is 17.0 Å². The van der Waals surface area contributed by atoms with Gasteiger partial charge in [0.15, 0.2) is 0 Å². The third kappa shape index (κ3) is 2.81. The minimum absolute atomic E-state index is 0.161. The summed E-state index contributed by atoms with van der Waals surface area (Å²) in [6, 6.07) is 5.34. The molecule has 0 unspecified atom stereocenters. The lowest BCUT2D eigenvalue weighted by atomic mass is 10.1. The first kappa shape index (κ1) is 14.6. The molecule has 1 aromatic rings. The molecule has 1 saturated carbocycles. The highest BCUT2D eigenvalue weighted by molar-refractivity contribution is 6.37. The Balaban J connectivity index is 1.71. The SMILES string of the molecule is CCOC(=O)C(=O)Nc1ccc2c(c1)CCN2C(=O)C1CC1. The van der Waals surface area contributed by atoms with E-state index in [-0.39, 0.29) is 18.4 Å². The molecule has 0 saturated heterocycles. The Bertz CT molecular complexity index is 637. The molecule has 1 heterocycles. The minimum Gasteiger partial charge on any atom is -0.459 e. The number of hydrogen-bond donors (Lipinski definition) is 1. The van der Waals surface area contributed by atoms with Crippen molar-refractivity contribution in [1.82, 2.24) is 0 Å². The number of ether oxygens (including phenoxy) is 1. The highest BCUT2D eigenvalue weighted by Gasteiger charge is 2.36. The van der Waals surface area contributed by atoms with E-state index < -0.39 is 11.9 Å². The molecule has 1 N–H and O–H groups in total. The molecule has 0 radical (unpaired) electrons. The number of anilines is 2. The summed E-state index contributed by atoms with van der Waals surface area (Å²) in [6.07, 6.45) is 2.73. The molecule has 0 aromatic heterocycles. The number of nitrogens with one attached hydrogen (secondary N) is 1. The van der Waals surface area contributed by atoms with Crippen molar-refractivity contribution in [3.63, 3.8) is 0 Å². The van der Waals surface area contributed by atoms with Crippen LogP contribution in [0.1, 0.15) is 25.3 Å². The maximum absolute atomic E-state index is 12.2. The van der Waals surface area contributed by atoms with Crippen molar-refractivity contribution < 1.29 is 19.1 Å². The van der Waals surface area contributed by atoms with Crippen molar-refractivity contribution in [2.24, 2.45) is 5.92 Å². The van der Waals surface area contributed by atoms with E-state index in [9.17, 15) is 14.4 Å². The van der Waals surface area contributed by atoms with Crippen LogP contribution in [0.2, 0.25) is 0 Å². The van der Waals surface area contributed by atoms with Gasteiger partial charge in [-0.05, 0) is 49.9 Å². The van der Waals surface area contributed by atoms with E-state index in [2.05, 4.69) is 10.1 Å². The Labute approximate surface area is 128 Å². The van der Waals surface area contributed by atoms with Crippen molar-refractivity contribution in [2.75, 3.05) is 23.4 Å². The third-order valence-electron chi connectivity index (χ3n) is 3.89. The second-order valence-corrected chi connectivity index (χ2v) is 5.53. The first-order valence-electron chi connectivity index (χ1n) is 7.52. The summed E-state index contributed by atoms with van der Waals surface area (Å²) in [6.45, 7) is 2.49. The normalized spacial score (nSPS) is 16.1. The summed E-state index contributed by atoms with van der Waals surface area (Å²) in [7, 11) is 0. The lowest BCUT2D eigenvalue weighted by Gasteiger charge is -2.17. The smallest absolute Gasteiger partial charge is 0.397 e. The van der Waals surface area contributed by atoms with Gasteiger partial charge in [0.2, 0.25) is 5.91 Å². The highest BCUT2D eigenvalue weighted by atomic mass is 16.5. The van der Waals surface area contributed by atoms with Crippen molar-refractivity contribution >= 4 is 29.2 Å². The number of fused-ring (bicyclic) bond motifs is 1. The van der Waals surface area contributed by atoms with Gasteiger partial charge in [-0.2, -0.15) is 0 Å². The summed E-state index contributed by atoms with van der Waals surface area (Å²) in [5.74, 6) is -1.30. The van der Waals surface area contributed by atoms with Crippen LogP contribution < -0.4 is 10.2 Å². The van der Waals surface area contributed by atoms with Gasteiger partial charge in [0.05, 0.1) is 6.61 Å². The van der Waals surface area contributed by atoms with Crippen molar-refractivity contribution in [3.8, 4) is 0 Å². The number of carbonyl (C=O) groups is 3. The number of benzene rings is 1. The molecule has 1 aliphatic heterocycles. The maximum Gasteiger partial charge on any atom is 0.397 e. The molecule has 1 aliphatic carbocycles. The van der Waals surface area contributed by atoms with E-state index in [1.54, 1.807) is 13.0 Å². The highest BCUT2D eigenvalue weighted by Crippen LogP contribution is 2.37. The zero-order valence-electron chi connectivity index (χ0n) is 12.4. The van der Waals surface area contributed by atoms with E-state index in [0.29, 0.717) is 12.2 Å². The molecule has 1 fully saturated rings. The molecule has 0 atom stereocenters. The monoisotopic (exact) mass is 302 g/mol. The number of esters is 1. The standard InChI is InChI=1S/C16H18N2O4/c1-2-22-16(21)14(19)17-12-5-6-13-11(9-12)7-8-18(13)15(20)10-3-4-10/h5-6,9-10H,2-4,7-8H2,1H3,(H,17,19). The van der Waals surface area contributed by atoms with Crippen LogP contribution in [0.4, 0.5) is 11.4 Å². The van der Waals surface area contributed by atoms with Crippen LogP contribution in [0.25, 0.3) is 0 Å². The van der Waals surface area contributed by atoms with Gasteiger partial charge in [-0.1, -0.05) is 0 Å². The van der Waals surface area contributed by atoms with E-state index in [0.717, 1.165) is 30.5 Å². The lowest BCUT2D eigenvalue weighted by molar-refractivity contribution is -0.152. The Morgan fingerprint density at radius 1 is 1.32 bits per heavy atom. The summed E-state index contributed by atoms with van der Waals surface area (Å²) < 4.78 is 4.65. The fraction of sp³-hybridized carbons (Fsp3) is 0.438. The molecule has 1 aromatic carbocycles. The van der Waals surface area contributed by atoms with Gasteiger partial charge in [0.25, 0.3) is 0 Å². The van der Waals surface area contributed by atoms with Crippen LogP contribution in [0.15, 0.2) is 18.2 Å². The molecule has 0 bridgehead atoms. The lowest BCUT2D eigenvalue weighted by Crippen LogP contribution is -2.30. The predicted molar refractivity (Wildman–Crippen MR) is 80.5 cm³/mol. The zero-order valence-corrected chi connectivity index (χ0v) is 12.4. The van der Waals surface area contributed by atoms with Crippen LogP contribution in [0, 0.1) is 5.92 Å². The van der Waals surface area contributed by atoms with Gasteiger partial charge in [0, 0.05) is 23.8 Å². The first-order valence-corrected chi connectivity index (χ1v) is 7.52. The largest absolute Gasteiger partial charge is 0.459 e. The summed E-state index contributed by atoms with van der Waals surface area (Å²) in [5.41, 5.74) is 2.46. The number of hydrogen-bond acceptors (Lipinski definition) is 4. The molecule has 22 heavy (non-hydrogen) atoms. The Hall–Kier alpha value is -2.37. The molecule has 2 aliphatic rings.